The maximum atomic E-state index is 12.6. The van der Waals surface area contributed by atoms with Crippen molar-refractivity contribution in [2.75, 3.05) is 25.0 Å². The Hall–Kier alpha value is -2.34. The molecule has 0 radical (unpaired) electrons. The first kappa shape index (κ1) is 16.1. The molecule has 4 rings (SSSR count). The number of carbonyl (C=O) groups excluding carboxylic acids is 1. The van der Waals surface area contributed by atoms with Crippen molar-refractivity contribution < 1.29 is 9.53 Å². The van der Waals surface area contributed by atoms with E-state index >= 15 is 0 Å². The number of benzene rings is 1. The molecule has 1 aromatic carbocycles. The second-order valence-corrected chi connectivity index (χ2v) is 7.20. The van der Waals surface area contributed by atoms with Crippen molar-refractivity contribution in [3.63, 3.8) is 0 Å². The highest BCUT2D eigenvalue weighted by Gasteiger charge is 2.44. The molecule has 25 heavy (non-hydrogen) atoms. The van der Waals surface area contributed by atoms with Gasteiger partial charge < -0.3 is 19.9 Å². The topological polar surface area (TPSA) is 70.2 Å². The molecular formula is C19H24N4O2. The van der Waals surface area contributed by atoms with Crippen molar-refractivity contribution in [2.45, 2.75) is 37.8 Å². The number of nitrogens with zero attached hydrogens (tertiary/aromatic N) is 2. The van der Waals surface area contributed by atoms with Crippen LogP contribution in [0.1, 0.15) is 35.3 Å². The SMILES string of the molecule is Cc1cccc(NC2COC3(CCCN(C(=O)c4cnc[nH]4)C3)C2)c1. The summed E-state index contributed by atoms with van der Waals surface area (Å²) >= 11 is 0. The van der Waals surface area contributed by atoms with Crippen LogP contribution in [0.2, 0.25) is 0 Å². The number of carbonyl (C=O) groups is 1. The standard InChI is InChI=1S/C19H24N4O2/c1-14-4-2-5-15(8-14)22-16-9-19(25-11-16)6-3-7-23(12-19)18(24)17-10-20-13-21-17/h2,4-5,8,10,13,16,22H,3,6-7,9,11-12H2,1H3,(H,20,21). The fraction of sp³-hybridized carbons (Fsp3) is 0.474. The summed E-state index contributed by atoms with van der Waals surface area (Å²) in [5.41, 5.74) is 2.69. The Morgan fingerprint density at radius 2 is 2.40 bits per heavy atom. The average molecular weight is 340 g/mol. The van der Waals surface area contributed by atoms with Gasteiger partial charge in [0.15, 0.2) is 0 Å². The number of nitrogens with one attached hydrogen (secondary N) is 2. The first-order valence-electron chi connectivity index (χ1n) is 8.88. The summed E-state index contributed by atoms with van der Waals surface area (Å²) in [6.45, 7) is 4.20. The Balaban J connectivity index is 1.41. The molecule has 1 spiro atoms. The predicted octanol–water partition coefficient (Wildman–Crippen LogP) is 2.59. The van der Waals surface area contributed by atoms with E-state index in [0.29, 0.717) is 18.8 Å². The molecule has 1 aromatic heterocycles. The molecule has 0 aliphatic carbocycles. The molecule has 1 amide bonds. The molecule has 132 valence electrons. The molecule has 2 aromatic rings. The van der Waals surface area contributed by atoms with E-state index in [9.17, 15) is 4.79 Å². The molecule has 6 nitrogen and oxygen atoms in total. The highest BCUT2D eigenvalue weighted by atomic mass is 16.5. The number of H-pyrrole nitrogens is 1. The lowest BCUT2D eigenvalue weighted by atomic mass is 9.88. The number of hydrogen-bond acceptors (Lipinski definition) is 4. The first-order chi connectivity index (χ1) is 12.1. The van der Waals surface area contributed by atoms with E-state index < -0.39 is 0 Å². The van der Waals surface area contributed by atoms with Crippen molar-refractivity contribution in [1.82, 2.24) is 14.9 Å². The van der Waals surface area contributed by atoms with Crippen LogP contribution in [-0.4, -0.2) is 52.1 Å². The molecule has 2 aliphatic heterocycles. The molecule has 2 atom stereocenters. The third kappa shape index (κ3) is 3.39. The summed E-state index contributed by atoms with van der Waals surface area (Å²) in [4.78, 5) is 21.3. The lowest BCUT2D eigenvalue weighted by Crippen LogP contribution is -2.50. The Labute approximate surface area is 147 Å². The zero-order valence-electron chi connectivity index (χ0n) is 14.5. The van der Waals surface area contributed by atoms with Crippen molar-refractivity contribution in [3.05, 3.63) is 48.0 Å². The van der Waals surface area contributed by atoms with E-state index in [1.165, 1.54) is 5.56 Å². The maximum Gasteiger partial charge on any atom is 0.272 e. The normalized spacial score (nSPS) is 26.1. The molecule has 6 heteroatoms. The van der Waals surface area contributed by atoms with Crippen LogP contribution in [0.4, 0.5) is 5.69 Å². The number of aromatic nitrogens is 2. The van der Waals surface area contributed by atoms with Gasteiger partial charge in [-0.1, -0.05) is 12.1 Å². The van der Waals surface area contributed by atoms with Gasteiger partial charge in [-0.25, -0.2) is 4.98 Å². The van der Waals surface area contributed by atoms with Crippen LogP contribution in [-0.2, 0) is 4.74 Å². The first-order valence-corrected chi connectivity index (χ1v) is 8.88. The Kier molecular flexibility index (Phi) is 4.21. The number of ether oxygens (including phenoxy) is 1. The van der Waals surface area contributed by atoms with Crippen LogP contribution in [0.5, 0.6) is 0 Å². The summed E-state index contributed by atoms with van der Waals surface area (Å²) in [5.74, 6) is 0.00951. The molecule has 3 heterocycles. The fourth-order valence-electron chi connectivity index (χ4n) is 4.01. The molecule has 2 fully saturated rings. The molecule has 2 N–H and O–H groups in total. The largest absolute Gasteiger partial charge is 0.380 e. The zero-order chi connectivity index (χ0) is 17.3. The number of rotatable bonds is 3. The van der Waals surface area contributed by atoms with Crippen LogP contribution < -0.4 is 5.32 Å². The van der Waals surface area contributed by atoms with Crippen LogP contribution in [0.15, 0.2) is 36.8 Å². The number of hydrogen-bond donors (Lipinski definition) is 2. The van der Waals surface area contributed by atoms with Crippen LogP contribution in [0.3, 0.4) is 0 Å². The Morgan fingerprint density at radius 1 is 1.48 bits per heavy atom. The van der Waals surface area contributed by atoms with E-state index in [1.807, 2.05) is 4.90 Å². The summed E-state index contributed by atoms with van der Waals surface area (Å²) in [6, 6.07) is 8.68. The Morgan fingerprint density at radius 3 is 3.20 bits per heavy atom. The second-order valence-electron chi connectivity index (χ2n) is 7.20. The summed E-state index contributed by atoms with van der Waals surface area (Å²) in [5, 5.41) is 3.58. The van der Waals surface area contributed by atoms with Crippen molar-refractivity contribution in [2.24, 2.45) is 0 Å². The van der Waals surface area contributed by atoms with Gasteiger partial charge in [0.2, 0.25) is 0 Å². The van der Waals surface area contributed by atoms with Gasteiger partial charge in [0, 0.05) is 18.7 Å². The monoisotopic (exact) mass is 340 g/mol. The van der Waals surface area contributed by atoms with E-state index in [2.05, 4.69) is 46.5 Å². The van der Waals surface area contributed by atoms with Crippen molar-refractivity contribution in [1.29, 1.82) is 0 Å². The maximum absolute atomic E-state index is 12.6. The average Bonchev–Trinajstić information content (AvgIpc) is 3.25. The predicted molar refractivity (Wildman–Crippen MR) is 95.6 cm³/mol. The second kappa shape index (κ2) is 6.52. The molecule has 0 bridgehead atoms. The smallest absolute Gasteiger partial charge is 0.272 e. The number of likely N-dealkylation sites (tertiary alicyclic amines) is 1. The van der Waals surface area contributed by atoms with Crippen LogP contribution in [0, 0.1) is 6.92 Å². The lowest BCUT2D eigenvalue weighted by Gasteiger charge is -2.39. The summed E-state index contributed by atoms with van der Waals surface area (Å²) in [6.07, 6.45) is 6.03. The highest BCUT2D eigenvalue weighted by molar-refractivity contribution is 5.92. The van der Waals surface area contributed by atoms with Gasteiger partial charge in [0.1, 0.15) is 5.69 Å². The third-order valence-electron chi connectivity index (χ3n) is 5.15. The number of piperidine rings is 1. The van der Waals surface area contributed by atoms with Crippen molar-refractivity contribution >= 4 is 11.6 Å². The van der Waals surface area contributed by atoms with Crippen molar-refractivity contribution in [3.8, 4) is 0 Å². The van der Waals surface area contributed by atoms with Gasteiger partial charge in [0.05, 0.1) is 37.3 Å². The molecule has 2 saturated heterocycles. The minimum atomic E-state index is -0.227. The zero-order valence-corrected chi connectivity index (χ0v) is 14.5. The van der Waals surface area contributed by atoms with Crippen LogP contribution >= 0.6 is 0 Å². The summed E-state index contributed by atoms with van der Waals surface area (Å²) in [7, 11) is 0. The van der Waals surface area contributed by atoms with E-state index in [1.54, 1.807) is 12.5 Å². The van der Waals surface area contributed by atoms with Gasteiger partial charge in [-0.3, -0.25) is 4.79 Å². The van der Waals surface area contributed by atoms with Gasteiger partial charge in [-0.15, -0.1) is 0 Å². The van der Waals surface area contributed by atoms with E-state index in [-0.39, 0.29) is 17.6 Å². The fourth-order valence-corrected chi connectivity index (χ4v) is 4.01. The molecule has 2 aliphatic rings. The number of aromatic amines is 1. The van der Waals surface area contributed by atoms with Gasteiger partial charge in [0.25, 0.3) is 5.91 Å². The number of imidazole rings is 1. The molecule has 2 unspecified atom stereocenters. The van der Waals surface area contributed by atoms with Gasteiger partial charge in [-0.05, 0) is 37.5 Å². The minimum absolute atomic E-state index is 0.00951. The molecule has 0 saturated carbocycles. The van der Waals surface area contributed by atoms with Crippen LogP contribution in [0.25, 0.3) is 0 Å². The lowest BCUT2D eigenvalue weighted by molar-refractivity contribution is -0.0448. The minimum Gasteiger partial charge on any atom is -0.380 e. The third-order valence-corrected chi connectivity index (χ3v) is 5.15. The number of anilines is 1. The number of aryl methyl sites for hydroxylation is 1. The highest BCUT2D eigenvalue weighted by Crippen LogP contribution is 2.36. The quantitative estimate of drug-likeness (QED) is 0.901. The number of amides is 1. The summed E-state index contributed by atoms with van der Waals surface area (Å²) < 4.78 is 6.21. The van der Waals surface area contributed by atoms with Gasteiger partial charge >= 0.3 is 0 Å². The molecular weight excluding hydrogens is 316 g/mol. The van der Waals surface area contributed by atoms with E-state index in [0.717, 1.165) is 31.5 Å². The Bertz CT molecular complexity index is 746. The van der Waals surface area contributed by atoms with Gasteiger partial charge in [-0.2, -0.15) is 0 Å². The van der Waals surface area contributed by atoms with E-state index in [4.69, 9.17) is 4.74 Å².